The maximum atomic E-state index is 12.7. The molecule has 0 spiro atoms. The van der Waals surface area contributed by atoms with Crippen LogP contribution in [0.2, 0.25) is 0 Å². The van der Waals surface area contributed by atoms with Crippen LogP contribution in [-0.2, 0) is 0 Å². The number of rotatable bonds is 9. The minimum absolute atomic E-state index is 0.252. The van der Waals surface area contributed by atoms with Crippen LogP contribution in [0.1, 0.15) is 26.3 Å². The Kier molecular flexibility index (Phi) is 7.70. The molecular weight excluding hydrogens is 424 g/mol. The average Bonchev–Trinajstić information content (AvgIpc) is 2.87. The number of ether oxygens (including phenoxy) is 5. The Balaban J connectivity index is 1.79. The van der Waals surface area contributed by atoms with Gasteiger partial charge < -0.3 is 23.7 Å². The van der Waals surface area contributed by atoms with Crippen molar-refractivity contribution in [3.8, 4) is 28.7 Å². The summed E-state index contributed by atoms with van der Waals surface area (Å²) in [5.74, 6) is 1.35. The van der Waals surface area contributed by atoms with Crippen molar-refractivity contribution >= 4 is 17.8 Å². The van der Waals surface area contributed by atoms with E-state index in [1.54, 1.807) is 66.7 Å². The molecule has 3 aromatic rings. The quantitative estimate of drug-likeness (QED) is 0.201. The number of methoxy groups -OCH3 is 4. The van der Waals surface area contributed by atoms with Crippen LogP contribution in [0.25, 0.3) is 6.08 Å². The minimum atomic E-state index is -0.546. The van der Waals surface area contributed by atoms with Gasteiger partial charge in [-0.05, 0) is 60.2 Å². The fourth-order valence-electron chi connectivity index (χ4n) is 3.05. The molecule has 0 aliphatic rings. The maximum Gasteiger partial charge on any atom is 0.343 e. The molecule has 0 N–H and O–H groups in total. The summed E-state index contributed by atoms with van der Waals surface area (Å²) in [6, 6.07) is 16.7. The first kappa shape index (κ1) is 23.4. The summed E-state index contributed by atoms with van der Waals surface area (Å²) in [7, 11) is 6.02. The van der Waals surface area contributed by atoms with E-state index in [9.17, 15) is 9.59 Å². The lowest BCUT2D eigenvalue weighted by Gasteiger charge is -2.10. The molecule has 0 aliphatic carbocycles. The number of carbonyl (C=O) groups excluding carboxylic acids is 2. The standard InChI is InChI=1S/C26H24O7/c1-29-19-7-5-6-18(15-19)26(28)33-24-12-9-17(14-25(24)32-4)8-11-22(27)21-16-20(30-2)10-13-23(21)31-3/h5-16H,1-4H3. The summed E-state index contributed by atoms with van der Waals surface area (Å²) in [4.78, 5) is 25.2. The van der Waals surface area contributed by atoms with E-state index in [1.807, 2.05) is 0 Å². The van der Waals surface area contributed by atoms with Crippen molar-refractivity contribution in [2.24, 2.45) is 0 Å². The van der Waals surface area contributed by atoms with Gasteiger partial charge >= 0.3 is 5.97 Å². The molecule has 0 bridgehead atoms. The third-order valence-electron chi connectivity index (χ3n) is 4.80. The van der Waals surface area contributed by atoms with Gasteiger partial charge in [-0.3, -0.25) is 4.79 Å². The van der Waals surface area contributed by atoms with Crippen LogP contribution in [0.4, 0.5) is 0 Å². The second-order valence-electron chi connectivity index (χ2n) is 6.80. The Labute approximate surface area is 192 Å². The number of allylic oxidation sites excluding steroid dienone is 1. The van der Waals surface area contributed by atoms with Gasteiger partial charge in [-0.1, -0.05) is 18.2 Å². The second-order valence-corrected chi connectivity index (χ2v) is 6.80. The molecule has 0 atom stereocenters. The summed E-state index contributed by atoms with van der Waals surface area (Å²) in [5, 5.41) is 0. The zero-order valence-corrected chi connectivity index (χ0v) is 18.8. The van der Waals surface area contributed by atoms with Crippen molar-refractivity contribution in [3.05, 3.63) is 83.4 Å². The highest BCUT2D eigenvalue weighted by Crippen LogP contribution is 2.30. The van der Waals surface area contributed by atoms with Crippen molar-refractivity contribution in [1.29, 1.82) is 0 Å². The highest BCUT2D eigenvalue weighted by atomic mass is 16.6. The Hall–Kier alpha value is -4.26. The van der Waals surface area contributed by atoms with Gasteiger partial charge in [0.15, 0.2) is 17.3 Å². The molecule has 0 unspecified atom stereocenters. The lowest BCUT2D eigenvalue weighted by Crippen LogP contribution is -2.09. The summed E-state index contributed by atoms with van der Waals surface area (Å²) >= 11 is 0. The monoisotopic (exact) mass is 448 g/mol. The van der Waals surface area contributed by atoms with Gasteiger partial charge in [0.25, 0.3) is 0 Å². The number of carbonyl (C=O) groups is 2. The Morgan fingerprint density at radius 3 is 2.09 bits per heavy atom. The number of hydrogen-bond donors (Lipinski definition) is 0. The molecule has 0 aromatic heterocycles. The molecule has 3 rings (SSSR count). The summed E-state index contributed by atoms with van der Waals surface area (Å²) in [5.41, 5.74) is 1.41. The predicted molar refractivity (Wildman–Crippen MR) is 124 cm³/mol. The van der Waals surface area contributed by atoms with E-state index in [0.717, 1.165) is 0 Å². The first-order chi connectivity index (χ1) is 16.0. The molecule has 0 heterocycles. The van der Waals surface area contributed by atoms with Gasteiger partial charge in [-0.2, -0.15) is 0 Å². The van der Waals surface area contributed by atoms with E-state index in [2.05, 4.69) is 0 Å². The molecule has 0 saturated carbocycles. The zero-order chi connectivity index (χ0) is 23.8. The van der Waals surface area contributed by atoms with Crippen molar-refractivity contribution < 1.29 is 33.3 Å². The molecular formula is C26H24O7. The van der Waals surface area contributed by atoms with E-state index >= 15 is 0 Å². The Morgan fingerprint density at radius 1 is 0.697 bits per heavy atom. The van der Waals surface area contributed by atoms with Gasteiger partial charge in [0.1, 0.15) is 17.2 Å². The fourth-order valence-corrected chi connectivity index (χ4v) is 3.05. The van der Waals surface area contributed by atoms with Gasteiger partial charge in [-0.15, -0.1) is 0 Å². The topological polar surface area (TPSA) is 80.3 Å². The van der Waals surface area contributed by atoms with E-state index in [0.29, 0.717) is 39.7 Å². The predicted octanol–water partition coefficient (Wildman–Crippen LogP) is 4.84. The van der Waals surface area contributed by atoms with Crippen molar-refractivity contribution in [1.82, 2.24) is 0 Å². The molecule has 7 heteroatoms. The molecule has 7 nitrogen and oxygen atoms in total. The number of hydrogen-bond acceptors (Lipinski definition) is 7. The number of esters is 1. The van der Waals surface area contributed by atoms with Crippen LogP contribution in [-0.4, -0.2) is 40.2 Å². The minimum Gasteiger partial charge on any atom is -0.497 e. The first-order valence-corrected chi connectivity index (χ1v) is 9.97. The lowest BCUT2D eigenvalue weighted by molar-refractivity contribution is 0.0729. The molecule has 0 fully saturated rings. The highest BCUT2D eigenvalue weighted by molar-refractivity contribution is 6.09. The van der Waals surface area contributed by atoms with Gasteiger partial charge in [0, 0.05) is 0 Å². The Morgan fingerprint density at radius 2 is 1.39 bits per heavy atom. The third kappa shape index (κ3) is 5.71. The lowest BCUT2D eigenvalue weighted by atomic mass is 10.1. The van der Waals surface area contributed by atoms with E-state index in [-0.39, 0.29) is 11.5 Å². The summed E-state index contributed by atoms with van der Waals surface area (Å²) in [6.45, 7) is 0. The first-order valence-electron chi connectivity index (χ1n) is 9.97. The molecule has 170 valence electrons. The zero-order valence-electron chi connectivity index (χ0n) is 18.8. The highest BCUT2D eigenvalue weighted by Gasteiger charge is 2.14. The number of ketones is 1. The van der Waals surface area contributed by atoms with Crippen molar-refractivity contribution in [2.75, 3.05) is 28.4 Å². The molecule has 0 saturated heterocycles. The summed E-state index contributed by atoms with van der Waals surface area (Å²) in [6.07, 6.45) is 3.06. The third-order valence-corrected chi connectivity index (χ3v) is 4.80. The molecule has 0 radical (unpaired) electrons. The van der Waals surface area contributed by atoms with E-state index in [4.69, 9.17) is 23.7 Å². The molecule has 0 amide bonds. The van der Waals surface area contributed by atoms with E-state index < -0.39 is 5.97 Å². The van der Waals surface area contributed by atoms with Gasteiger partial charge in [0.2, 0.25) is 0 Å². The second kappa shape index (κ2) is 10.9. The maximum absolute atomic E-state index is 12.7. The normalized spacial score (nSPS) is 10.5. The van der Waals surface area contributed by atoms with Crippen LogP contribution in [0, 0.1) is 0 Å². The van der Waals surface area contributed by atoms with Crippen LogP contribution in [0.5, 0.6) is 28.7 Å². The van der Waals surface area contributed by atoms with Crippen molar-refractivity contribution in [2.45, 2.75) is 0 Å². The Bertz CT molecular complexity index is 1180. The van der Waals surface area contributed by atoms with Crippen LogP contribution in [0.15, 0.2) is 66.7 Å². The largest absolute Gasteiger partial charge is 0.497 e. The molecule has 3 aromatic carbocycles. The van der Waals surface area contributed by atoms with Crippen LogP contribution in [0.3, 0.4) is 0 Å². The number of benzene rings is 3. The molecule has 33 heavy (non-hydrogen) atoms. The fraction of sp³-hybridized carbons (Fsp3) is 0.154. The SMILES string of the molecule is COc1cccc(C(=O)Oc2ccc(C=CC(=O)c3cc(OC)ccc3OC)cc2OC)c1. The van der Waals surface area contributed by atoms with Crippen LogP contribution >= 0.6 is 0 Å². The van der Waals surface area contributed by atoms with Gasteiger partial charge in [-0.25, -0.2) is 4.79 Å². The van der Waals surface area contributed by atoms with E-state index in [1.165, 1.54) is 34.5 Å². The summed E-state index contributed by atoms with van der Waals surface area (Å²) < 4.78 is 26.5. The molecule has 0 aliphatic heterocycles. The van der Waals surface area contributed by atoms with Crippen LogP contribution < -0.4 is 23.7 Å². The smallest absolute Gasteiger partial charge is 0.343 e. The van der Waals surface area contributed by atoms with Gasteiger partial charge in [0.05, 0.1) is 39.6 Å². The van der Waals surface area contributed by atoms with Crippen molar-refractivity contribution in [3.63, 3.8) is 0 Å². The average molecular weight is 448 g/mol.